The number of ether oxygens (including phenoxy) is 3. The molecule has 0 bridgehead atoms. The number of carbonyl (C=O) groups excluding carboxylic acids is 2. The smallest absolute Gasteiger partial charge is 0.411 e. The highest BCUT2D eigenvalue weighted by Crippen LogP contribution is 2.33. The average molecular weight is 528 g/mol. The van der Waals surface area contributed by atoms with Gasteiger partial charge in [0, 0.05) is 17.4 Å². The standard InChI is InChI=1S/C23H37N5O9/c1-11(29)14(20-18(32)17(31)16(30)13(36-20)9-25-27-24)26-21(33)15-19-12(7-5-6-8-35-19)10-28(15)22(34)37-23(2,3)4/h5-6,11-20,29-32H,7-10H2,1-4H3,(H,26,33)/t11-,12+,13?,14-,15+,16+,17?,18?,19-,20-/m1/s1. The molecule has 2 amide bonds. The van der Waals surface area contributed by atoms with Crippen LogP contribution in [0, 0.1) is 5.92 Å². The van der Waals surface area contributed by atoms with E-state index in [1.807, 2.05) is 12.2 Å². The van der Waals surface area contributed by atoms with Gasteiger partial charge in [-0.15, -0.1) is 0 Å². The fourth-order valence-corrected chi connectivity index (χ4v) is 4.92. The maximum Gasteiger partial charge on any atom is 0.411 e. The number of rotatable bonds is 6. The molecule has 0 aromatic rings. The fourth-order valence-electron chi connectivity index (χ4n) is 4.92. The van der Waals surface area contributed by atoms with Gasteiger partial charge in [0.15, 0.2) is 0 Å². The van der Waals surface area contributed by atoms with Gasteiger partial charge in [-0.2, -0.15) is 0 Å². The van der Waals surface area contributed by atoms with E-state index in [9.17, 15) is 30.0 Å². The second-order valence-corrected chi connectivity index (χ2v) is 10.6. The molecule has 0 saturated carbocycles. The number of nitrogens with one attached hydrogen (secondary N) is 1. The van der Waals surface area contributed by atoms with Crippen LogP contribution in [0.25, 0.3) is 10.4 Å². The molecular weight excluding hydrogens is 490 g/mol. The number of amides is 2. The number of hydrogen-bond donors (Lipinski definition) is 5. The molecule has 0 aromatic carbocycles. The number of aliphatic hydroxyl groups is 4. The molecule has 14 nitrogen and oxygen atoms in total. The van der Waals surface area contributed by atoms with E-state index in [-0.39, 0.29) is 25.6 Å². The minimum atomic E-state index is -1.69. The van der Waals surface area contributed by atoms with Crippen molar-refractivity contribution in [2.45, 2.75) is 94.5 Å². The van der Waals surface area contributed by atoms with E-state index in [1.54, 1.807) is 20.8 Å². The third-order valence-electron chi connectivity index (χ3n) is 6.69. The number of allylic oxidation sites excluding steroid dienone is 1. The van der Waals surface area contributed by atoms with Gasteiger partial charge in [0.2, 0.25) is 5.91 Å². The summed E-state index contributed by atoms with van der Waals surface area (Å²) in [5.74, 6) is -0.845. The fraction of sp³-hybridized carbons (Fsp3) is 0.826. The number of fused-ring (bicyclic) bond motifs is 1. The van der Waals surface area contributed by atoms with Crippen molar-refractivity contribution in [3.05, 3.63) is 22.6 Å². The van der Waals surface area contributed by atoms with Gasteiger partial charge >= 0.3 is 6.09 Å². The van der Waals surface area contributed by atoms with E-state index in [1.165, 1.54) is 11.8 Å². The molecule has 0 radical (unpaired) electrons. The second-order valence-electron chi connectivity index (χ2n) is 10.6. The van der Waals surface area contributed by atoms with Crippen LogP contribution in [0.15, 0.2) is 17.3 Å². The Morgan fingerprint density at radius 3 is 2.57 bits per heavy atom. The van der Waals surface area contributed by atoms with Crippen LogP contribution in [-0.2, 0) is 19.0 Å². The molecule has 3 rings (SSSR count). The van der Waals surface area contributed by atoms with Gasteiger partial charge in [-0.05, 0) is 39.6 Å². The van der Waals surface area contributed by atoms with E-state index in [4.69, 9.17) is 19.7 Å². The first-order valence-corrected chi connectivity index (χ1v) is 12.3. The molecule has 3 unspecified atom stereocenters. The van der Waals surface area contributed by atoms with Gasteiger partial charge in [0.25, 0.3) is 0 Å². The predicted molar refractivity (Wildman–Crippen MR) is 128 cm³/mol. The van der Waals surface area contributed by atoms with Crippen LogP contribution >= 0.6 is 0 Å². The van der Waals surface area contributed by atoms with Crippen molar-refractivity contribution in [1.82, 2.24) is 10.2 Å². The van der Waals surface area contributed by atoms with Gasteiger partial charge in [-0.25, -0.2) is 4.79 Å². The van der Waals surface area contributed by atoms with E-state index < -0.39 is 72.4 Å². The van der Waals surface area contributed by atoms with Crippen LogP contribution in [0.5, 0.6) is 0 Å². The minimum Gasteiger partial charge on any atom is -0.444 e. The van der Waals surface area contributed by atoms with Crippen LogP contribution in [0.4, 0.5) is 4.79 Å². The lowest BCUT2D eigenvalue weighted by molar-refractivity contribution is -0.230. The molecule has 3 heterocycles. The second kappa shape index (κ2) is 11.9. The van der Waals surface area contributed by atoms with Crippen LogP contribution < -0.4 is 5.32 Å². The molecule has 5 N–H and O–H groups in total. The Balaban J connectivity index is 1.86. The highest BCUT2D eigenvalue weighted by atomic mass is 16.6. The van der Waals surface area contributed by atoms with Crippen molar-refractivity contribution < 1.29 is 44.2 Å². The van der Waals surface area contributed by atoms with Gasteiger partial charge in [-0.1, -0.05) is 17.3 Å². The van der Waals surface area contributed by atoms with Crippen LogP contribution in [0.2, 0.25) is 0 Å². The van der Waals surface area contributed by atoms with E-state index >= 15 is 0 Å². The first kappa shape index (κ1) is 29.1. The quantitative estimate of drug-likeness (QED) is 0.131. The Morgan fingerprint density at radius 2 is 1.95 bits per heavy atom. The Morgan fingerprint density at radius 1 is 1.24 bits per heavy atom. The first-order valence-electron chi connectivity index (χ1n) is 12.3. The molecule has 3 aliphatic rings. The van der Waals surface area contributed by atoms with E-state index in [0.29, 0.717) is 6.42 Å². The molecule has 2 fully saturated rings. The summed E-state index contributed by atoms with van der Waals surface area (Å²) in [5.41, 5.74) is 7.81. The van der Waals surface area contributed by atoms with Gasteiger partial charge < -0.3 is 40.0 Å². The van der Waals surface area contributed by atoms with E-state index in [0.717, 1.165) is 0 Å². The first-order chi connectivity index (χ1) is 17.4. The summed E-state index contributed by atoms with van der Waals surface area (Å²) in [6.45, 7) is 6.61. The summed E-state index contributed by atoms with van der Waals surface area (Å²) < 4.78 is 17.1. The van der Waals surface area contributed by atoms with Crippen LogP contribution in [-0.4, -0.2) is 117 Å². The summed E-state index contributed by atoms with van der Waals surface area (Å²) >= 11 is 0. The van der Waals surface area contributed by atoms with Crippen molar-refractivity contribution in [3.63, 3.8) is 0 Å². The molecule has 0 aliphatic carbocycles. The average Bonchev–Trinajstić information content (AvgIpc) is 3.03. The Labute approximate surface area is 214 Å². The van der Waals surface area contributed by atoms with Gasteiger partial charge in [0.05, 0.1) is 37.5 Å². The van der Waals surface area contributed by atoms with E-state index in [2.05, 4.69) is 15.3 Å². The maximum absolute atomic E-state index is 13.7. The van der Waals surface area contributed by atoms with Crippen molar-refractivity contribution in [1.29, 1.82) is 0 Å². The highest BCUT2D eigenvalue weighted by molar-refractivity contribution is 5.87. The molecule has 208 valence electrons. The van der Waals surface area contributed by atoms with Gasteiger partial charge in [0.1, 0.15) is 36.1 Å². The van der Waals surface area contributed by atoms with Crippen LogP contribution in [0.3, 0.4) is 0 Å². The Kier molecular flexibility index (Phi) is 9.40. The van der Waals surface area contributed by atoms with Gasteiger partial charge in [-0.3, -0.25) is 9.69 Å². The molecule has 0 aromatic heterocycles. The van der Waals surface area contributed by atoms with Crippen LogP contribution in [0.1, 0.15) is 34.1 Å². The van der Waals surface area contributed by atoms with Crippen molar-refractivity contribution in [2.24, 2.45) is 11.0 Å². The zero-order valence-corrected chi connectivity index (χ0v) is 21.4. The normalized spacial score (nSPS) is 35.5. The molecule has 2 saturated heterocycles. The Bertz CT molecular complexity index is 904. The largest absolute Gasteiger partial charge is 0.444 e. The lowest BCUT2D eigenvalue weighted by Crippen LogP contribution is -2.67. The third kappa shape index (κ3) is 6.71. The summed E-state index contributed by atoms with van der Waals surface area (Å²) in [5, 5.41) is 47.7. The zero-order valence-electron chi connectivity index (χ0n) is 21.4. The number of likely N-dealkylation sites (tertiary alicyclic amines) is 1. The highest BCUT2D eigenvalue weighted by Gasteiger charge is 2.52. The van der Waals surface area contributed by atoms with Crippen molar-refractivity contribution in [3.8, 4) is 0 Å². The number of aliphatic hydroxyl groups excluding tert-OH is 4. The third-order valence-corrected chi connectivity index (χ3v) is 6.69. The summed E-state index contributed by atoms with van der Waals surface area (Å²) in [6.07, 6.45) is -5.77. The monoisotopic (exact) mass is 527 g/mol. The molecular formula is C23H37N5O9. The number of hydrogen-bond acceptors (Lipinski definition) is 10. The topological polar surface area (TPSA) is 207 Å². The molecule has 37 heavy (non-hydrogen) atoms. The number of nitrogens with zero attached hydrogens (tertiary/aromatic N) is 4. The molecule has 0 spiro atoms. The molecule has 3 aliphatic heterocycles. The molecule has 14 heteroatoms. The SMILES string of the molecule is C[C@@H](O)[C@@H](NC(=O)[C@@H]1[C@@H]2OCC=CC[C@H]2CN1C(=O)OC(C)(C)C)[C@H]1OC(CN=[N+]=[N-])[C@H](O)C(O)C1O. The zero-order chi connectivity index (χ0) is 27.5. The summed E-state index contributed by atoms with van der Waals surface area (Å²) in [6, 6.07) is -2.36. The lowest BCUT2D eigenvalue weighted by Gasteiger charge is -2.44. The van der Waals surface area contributed by atoms with Crippen molar-refractivity contribution in [2.75, 3.05) is 19.7 Å². The lowest BCUT2D eigenvalue weighted by atomic mass is 9.89. The maximum atomic E-state index is 13.7. The molecule has 10 atom stereocenters. The summed E-state index contributed by atoms with van der Waals surface area (Å²) in [7, 11) is 0. The Hall–Kier alpha value is -2.45. The summed E-state index contributed by atoms with van der Waals surface area (Å²) in [4.78, 5) is 30.6. The minimum absolute atomic E-state index is 0.172. The predicted octanol–water partition coefficient (Wildman–Crippen LogP) is -0.407. The number of carbonyl (C=O) groups is 2. The number of azide groups is 1. The van der Waals surface area contributed by atoms with Crippen molar-refractivity contribution >= 4 is 12.0 Å².